The highest BCUT2D eigenvalue weighted by Gasteiger charge is 2.22. The number of Topliss-reactive ketones (excluding diaryl/α,β-unsaturated/α-hetero) is 2. The van der Waals surface area contributed by atoms with Gasteiger partial charge in [0, 0.05) is 12.7 Å². The van der Waals surface area contributed by atoms with E-state index in [0.29, 0.717) is 22.6 Å². The van der Waals surface area contributed by atoms with Gasteiger partial charge in [0.05, 0.1) is 29.5 Å². The molecule has 100 valence electrons. The molecule has 5 nitrogen and oxygen atoms in total. The van der Waals surface area contributed by atoms with Crippen molar-refractivity contribution in [2.75, 3.05) is 0 Å². The first-order valence-electron chi connectivity index (χ1n) is 6.02. The molecule has 19 heavy (non-hydrogen) atoms. The van der Waals surface area contributed by atoms with E-state index in [1.165, 1.54) is 6.26 Å². The van der Waals surface area contributed by atoms with Gasteiger partial charge >= 0.3 is 0 Å². The second-order valence-electron chi connectivity index (χ2n) is 4.58. The Balaban J connectivity index is 2.23. The molecule has 0 N–H and O–H groups in total. The zero-order valence-corrected chi connectivity index (χ0v) is 11.5. The summed E-state index contributed by atoms with van der Waals surface area (Å²) >= 11 is 0. The summed E-state index contributed by atoms with van der Waals surface area (Å²) in [4.78, 5) is 24.2. The van der Waals surface area contributed by atoms with E-state index in [1.807, 2.05) is 6.92 Å². The minimum Gasteiger partial charge on any atom is -0.469 e. The lowest BCUT2D eigenvalue weighted by Gasteiger charge is -2.01. The third-order valence-electron chi connectivity index (χ3n) is 3.27. The van der Waals surface area contributed by atoms with E-state index < -0.39 is 0 Å². The molecule has 0 amide bonds. The molecule has 0 aliphatic carbocycles. The van der Waals surface area contributed by atoms with Gasteiger partial charge in [-0.25, -0.2) is 0 Å². The van der Waals surface area contributed by atoms with Crippen LogP contribution < -0.4 is 0 Å². The highest BCUT2D eigenvalue weighted by molar-refractivity contribution is 6.14. The number of ketones is 2. The molecule has 2 rings (SSSR count). The third kappa shape index (κ3) is 2.36. The normalized spacial score (nSPS) is 10.7. The van der Waals surface area contributed by atoms with E-state index in [1.54, 1.807) is 31.6 Å². The predicted molar refractivity (Wildman–Crippen MR) is 69.4 cm³/mol. The van der Waals surface area contributed by atoms with Gasteiger partial charge in [-0.1, -0.05) is 0 Å². The van der Waals surface area contributed by atoms with Crippen molar-refractivity contribution < 1.29 is 14.0 Å². The number of hydrogen-bond acceptors (Lipinski definition) is 4. The smallest absolute Gasteiger partial charge is 0.174 e. The largest absolute Gasteiger partial charge is 0.469 e. The standard InChI is InChI=1S/C14H16N2O3/c1-8-14(9(2)16(4)15-8)13(18)7-12(17)11-5-6-19-10(11)3/h5-6H,7H2,1-4H3. The topological polar surface area (TPSA) is 65.1 Å². The highest BCUT2D eigenvalue weighted by atomic mass is 16.3. The molecular weight excluding hydrogens is 244 g/mol. The maximum Gasteiger partial charge on any atom is 0.174 e. The number of hydrogen-bond donors (Lipinski definition) is 0. The third-order valence-corrected chi connectivity index (χ3v) is 3.27. The molecule has 0 aromatic carbocycles. The second-order valence-corrected chi connectivity index (χ2v) is 4.58. The molecule has 0 spiro atoms. The highest BCUT2D eigenvalue weighted by Crippen LogP contribution is 2.17. The van der Waals surface area contributed by atoms with Gasteiger partial charge in [0.25, 0.3) is 0 Å². The Hall–Kier alpha value is -2.17. The lowest BCUT2D eigenvalue weighted by molar-refractivity contribution is 0.0893. The predicted octanol–water partition coefficient (Wildman–Crippen LogP) is 2.39. The van der Waals surface area contributed by atoms with Crippen LogP contribution in [0.2, 0.25) is 0 Å². The number of furan rings is 1. The fraction of sp³-hybridized carbons (Fsp3) is 0.357. The van der Waals surface area contributed by atoms with Crippen LogP contribution in [0.25, 0.3) is 0 Å². The number of rotatable bonds is 4. The van der Waals surface area contributed by atoms with Crippen molar-refractivity contribution in [1.29, 1.82) is 0 Å². The molecule has 5 heteroatoms. The Morgan fingerprint density at radius 3 is 2.42 bits per heavy atom. The average Bonchev–Trinajstić information content (AvgIpc) is 2.84. The Kier molecular flexibility index (Phi) is 3.38. The summed E-state index contributed by atoms with van der Waals surface area (Å²) in [6.07, 6.45) is 1.29. The van der Waals surface area contributed by atoms with Crippen LogP contribution in [0.15, 0.2) is 16.7 Å². The monoisotopic (exact) mass is 260 g/mol. The van der Waals surface area contributed by atoms with Crippen molar-refractivity contribution in [2.45, 2.75) is 27.2 Å². The van der Waals surface area contributed by atoms with Crippen LogP contribution in [0.3, 0.4) is 0 Å². The van der Waals surface area contributed by atoms with Crippen LogP contribution in [0, 0.1) is 20.8 Å². The first kappa shape index (κ1) is 13.3. The van der Waals surface area contributed by atoms with Crippen LogP contribution >= 0.6 is 0 Å². The van der Waals surface area contributed by atoms with Crippen molar-refractivity contribution in [3.05, 3.63) is 40.6 Å². The van der Waals surface area contributed by atoms with Gasteiger partial charge < -0.3 is 4.42 Å². The number of carbonyl (C=O) groups excluding carboxylic acids is 2. The molecular formula is C14H16N2O3. The Labute approximate surface area is 111 Å². The zero-order chi connectivity index (χ0) is 14.2. The lowest BCUT2D eigenvalue weighted by Crippen LogP contribution is -2.10. The number of nitrogens with zero attached hydrogens (tertiary/aromatic N) is 2. The molecule has 2 heterocycles. The fourth-order valence-corrected chi connectivity index (χ4v) is 2.18. The Morgan fingerprint density at radius 2 is 1.95 bits per heavy atom. The van der Waals surface area contributed by atoms with Crippen molar-refractivity contribution >= 4 is 11.6 Å². The molecule has 0 atom stereocenters. The number of carbonyl (C=O) groups is 2. The molecule has 0 aliphatic rings. The van der Waals surface area contributed by atoms with Gasteiger partial charge in [-0.2, -0.15) is 5.10 Å². The van der Waals surface area contributed by atoms with Gasteiger partial charge in [-0.15, -0.1) is 0 Å². The first-order valence-corrected chi connectivity index (χ1v) is 6.02. The quantitative estimate of drug-likeness (QED) is 0.625. The van der Waals surface area contributed by atoms with Crippen LogP contribution in [0.4, 0.5) is 0 Å². The minimum atomic E-state index is -0.223. The lowest BCUT2D eigenvalue weighted by atomic mass is 10.0. The van der Waals surface area contributed by atoms with Crippen molar-refractivity contribution in [3.8, 4) is 0 Å². The number of aromatic nitrogens is 2. The molecule has 2 aromatic rings. The van der Waals surface area contributed by atoms with Gasteiger partial charge in [-0.05, 0) is 26.8 Å². The summed E-state index contributed by atoms with van der Waals surface area (Å²) in [5, 5.41) is 4.19. The zero-order valence-electron chi connectivity index (χ0n) is 11.5. The van der Waals surface area contributed by atoms with E-state index in [0.717, 1.165) is 5.69 Å². The van der Waals surface area contributed by atoms with E-state index >= 15 is 0 Å². The maximum atomic E-state index is 12.2. The fourth-order valence-electron chi connectivity index (χ4n) is 2.18. The van der Waals surface area contributed by atoms with Gasteiger partial charge in [0.15, 0.2) is 11.6 Å². The summed E-state index contributed by atoms with van der Waals surface area (Å²) < 4.78 is 6.72. The van der Waals surface area contributed by atoms with Crippen LogP contribution in [0.5, 0.6) is 0 Å². The summed E-state index contributed by atoms with van der Waals surface area (Å²) in [7, 11) is 1.78. The Morgan fingerprint density at radius 1 is 1.26 bits per heavy atom. The van der Waals surface area contributed by atoms with Crippen molar-refractivity contribution in [3.63, 3.8) is 0 Å². The Bertz CT molecular complexity index is 650. The summed E-state index contributed by atoms with van der Waals surface area (Å²) in [6, 6.07) is 1.59. The van der Waals surface area contributed by atoms with E-state index in [4.69, 9.17) is 4.42 Å². The van der Waals surface area contributed by atoms with Gasteiger partial charge in [0.1, 0.15) is 5.76 Å². The average molecular weight is 260 g/mol. The van der Waals surface area contributed by atoms with Crippen LogP contribution in [-0.4, -0.2) is 21.3 Å². The van der Waals surface area contributed by atoms with E-state index in [-0.39, 0.29) is 18.0 Å². The second kappa shape index (κ2) is 4.84. The molecule has 0 bridgehead atoms. The van der Waals surface area contributed by atoms with E-state index in [9.17, 15) is 9.59 Å². The number of aryl methyl sites for hydroxylation is 3. The van der Waals surface area contributed by atoms with E-state index in [2.05, 4.69) is 5.10 Å². The van der Waals surface area contributed by atoms with Crippen molar-refractivity contribution in [2.24, 2.45) is 7.05 Å². The molecule has 0 radical (unpaired) electrons. The van der Waals surface area contributed by atoms with Crippen molar-refractivity contribution in [1.82, 2.24) is 9.78 Å². The van der Waals surface area contributed by atoms with Gasteiger partial charge in [-0.3, -0.25) is 14.3 Å². The summed E-state index contributed by atoms with van der Waals surface area (Å²) in [5.74, 6) is 0.116. The SMILES string of the molecule is Cc1nn(C)c(C)c1C(=O)CC(=O)c1ccoc1C. The molecule has 0 saturated carbocycles. The molecule has 2 aromatic heterocycles. The molecule has 0 unspecified atom stereocenters. The summed E-state index contributed by atoms with van der Waals surface area (Å²) in [6.45, 7) is 5.30. The minimum absolute atomic E-state index is 0.159. The van der Waals surface area contributed by atoms with Crippen LogP contribution in [-0.2, 0) is 7.05 Å². The van der Waals surface area contributed by atoms with Gasteiger partial charge in [0.2, 0.25) is 0 Å². The molecule has 0 saturated heterocycles. The maximum absolute atomic E-state index is 12.2. The molecule has 0 fully saturated rings. The summed E-state index contributed by atoms with van der Waals surface area (Å²) in [5.41, 5.74) is 2.44. The van der Waals surface area contributed by atoms with Crippen LogP contribution in [0.1, 0.15) is 44.3 Å². The first-order chi connectivity index (χ1) is 8.91. The molecule has 0 aliphatic heterocycles.